The Labute approximate surface area is 156 Å². The fourth-order valence-corrected chi connectivity index (χ4v) is 2.35. The smallest absolute Gasteiger partial charge is 0.376 e. The Balaban J connectivity index is 2.13. The lowest BCUT2D eigenvalue weighted by Gasteiger charge is -2.16. The van der Waals surface area contributed by atoms with Gasteiger partial charge in [-0.25, -0.2) is 4.39 Å². The predicted octanol–water partition coefficient (Wildman–Crippen LogP) is 4.51. The van der Waals surface area contributed by atoms with E-state index in [9.17, 15) is 27.2 Å². The van der Waals surface area contributed by atoms with E-state index in [4.69, 9.17) is 11.6 Å². The minimum absolute atomic E-state index is 0.0363. The highest BCUT2D eigenvalue weighted by Gasteiger charge is 2.34. The van der Waals surface area contributed by atoms with Crippen molar-refractivity contribution in [2.75, 3.05) is 22.5 Å². The molecule has 2 aromatic carbocycles. The number of carbonyl (C=O) groups is 2. The molecule has 3 N–H and O–H groups in total. The van der Waals surface area contributed by atoms with Crippen molar-refractivity contribution < 1.29 is 27.2 Å². The molecule has 10 heteroatoms. The molecule has 0 saturated carbocycles. The van der Waals surface area contributed by atoms with Crippen LogP contribution >= 0.6 is 11.6 Å². The number of nitrogens with one attached hydrogen (secondary N) is 3. The van der Waals surface area contributed by atoms with Crippen molar-refractivity contribution >= 4 is 40.5 Å². The second-order valence-electron chi connectivity index (χ2n) is 5.47. The van der Waals surface area contributed by atoms with E-state index in [1.807, 2.05) is 0 Å². The monoisotopic (exact) mass is 403 g/mol. The van der Waals surface area contributed by atoms with Crippen LogP contribution in [0.2, 0.25) is 5.02 Å². The van der Waals surface area contributed by atoms with Crippen LogP contribution in [0.3, 0.4) is 0 Å². The van der Waals surface area contributed by atoms with Gasteiger partial charge in [-0.2, -0.15) is 13.2 Å². The first kappa shape index (κ1) is 20.5. The molecule has 144 valence electrons. The summed E-state index contributed by atoms with van der Waals surface area (Å²) in [5.41, 5.74) is -1.65. The zero-order valence-corrected chi connectivity index (χ0v) is 14.6. The lowest BCUT2D eigenvalue weighted by Crippen LogP contribution is -2.23. The Hall–Kier alpha value is -2.81. The lowest BCUT2D eigenvalue weighted by atomic mass is 10.1. The second kappa shape index (κ2) is 8.26. The van der Waals surface area contributed by atoms with E-state index in [1.165, 1.54) is 25.1 Å². The maximum Gasteiger partial charge on any atom is 0.418 e. The summed E-state index contributed by atoms with van der Waals surface area (Å²) in [5, 5.41) is 7.01. The Morgan fingerprint density at radius 2 is 1.74 bits per heavy atom. The van der Waals surface area contributed by atoms with Crippen molar-refractivity contribution in [2.24, 2.45) is 0 Å². The molecule has 0 radical (unpaired) electrons. The van der Waals surface area contributed by atoms with Crippen LogP contribution in [-0.2, 0) is 15.8 Å². The fourth-order valence-electron chi connectivity index (χ4n) is 2.18. The number of benzene rings is 2. The molecule has 0 spiro atoms. The zero-order valence-electron chi connectivity index (χ0n) is 13.9. The summed E-state index contributed by atoms with van der Waals surface area (Å²) in [5.74, 6) is -2.02. The summed E-state index contributed by atoms with van der Waals surface area (Å²) >= 11 is 5.71. The molecule has 0 atom stereocenters. The molecule has 2 amide bonds. The van der Waals surface area contributed by atoms with Gasteiger partial charge in [0.2, 0.25) is 11.8 Å². The van der Waals surface area contributed by atoms with Crippen molar-refractivity contribution in [2.45, 2.75) is 13.1 Å². The molecule has 0 aliphatic rings. The van der Waals surface area contributed by atoms with Crippen LogP contribution in [0, 0.1) is 5.82 Å². The Bertz CT molecular complexity index is 872. The molecule has 2 aromatic rings. The topological polar surface area (TPSA) is 70.2 Å². The van der Waals surface area contributed by atoms with Gasteiger partial charge in [0.1, 0.15) is 5.82 Å². The molecule has 0 unspecified atom stereocenters. The Morgan fingerprint density at radius 3 is 2.37 bits per heavy atom. The molecular formula is C17H14ClF4N3O2. The summed E-state index contributed by atoms with van der Waals surface area (Å²) in [4.78, 5) is 22.9. The quantitative estimate of drug-likeness (QED) is 0.643. The number of anilines is 3. The summed E-state index contributed by atoms with van der Waals surface area (Å²) in [7, 11) is 0. The molecule has 5 nitrogen and oxygen atoms in total. The molecule has 0 aromatic heterocycles. The number of alkyl halides is 3. The second-order valence-corrected chi connectivity index (χ2v) is 5.90. The van der Waals surface area contributed by atoms with E-state index in [2.05, 4.69) is 16.0 Å². The third-order valence-corrected chi connectivity index (χ3v) is 3.52. The minimum atomic E-state index is -4.72. The van der Waals surface area contributed by atoms with Gasteiger partial charge in [-0.15, -0.1) is 0 Å². The molecule has 0 aliphatic heterocycles. The van der Waals surface area contributed by atoms with Crippen molar-refractivity contribution in [3.05, 3.63) is 52.8 Å². The van der Waals surface area contributed by atoms with Crippen molar-refractivity contribution in [1.82, 2.24) is 0 Å². The molecule has 27 heavy (non-hydrogen) atoms. The standard InChI is InChI=1S/C17H14ClF4N3O2/c1-9(26)24-11-3-5-14(12(7-11)17(20,21)22)23-8-16(27)25-15-6-10(18)2-4-13(15)19/h2-7,23H,8H2,1H3,(H,24,26)(H,25,27). The summed E-state index contributed by atoms with van der Waals surface area (Å²) in [6.45, 7) is 0.618. The van der Waals surface area contributed by atoms with Gasteiger partial charge in [0.15, 0.2) is 0 Å². The average Bonchev–Trinajstić information content (AvgIpc) is 2.55. The first-order chi connectivity index (χ1) is 12.6. The Kier molecular flexibility index (Phi) is 6.27. The largest absolute Gasteiger partial charge is 0.418 e. The number of halogens is 5. The molecule has 2 rings (SSSR count). The third kappa shape index (κ3) is 5.85. The third-order valence-electron chi connectivity index (χ3n) is 3.29. The van der Waals surface area contributed by atoms with Crippen LogP contribution in [-0.4, -0.2) is 18.4 Å². The van der Waals surface area contributed by atoms with Crippen LogP contribution < -0.4 is 16.0 Å². The maximum absolute atomic E-state index is 13.6. The van der Waals surface area contributed by atoms with Crippen LogP contribution in [0.25, 0.3) is 0 Å². The van der Waals surface area contributed by atoms with Gasteiger partial charge in [0, 0.05) is 23.3 Å². The number of amides is 2. The number of rotatable bonds is 5. The van der Waals surface area contributed by atoms with E-state index in [-0.39, 0.29) is 22.1 Å². The summed E-state index contributed by atoms with van der Waals surface area (Å²) in [6.07, 6.45) is -4.72. The zero-order chi connectivity index (χ0) is 20.2. The highest BCUT2D eigenvalue weighted by Crippen LogP contribution is 2.36. The highest BCUT2D eigenvalue weighted by atomic mass is 35.5. The highest BCUT2D eigenvalue weighted by molar-refractivity contribution is 6.30. The van der Waals surface area contributed by atoms with Gasteiger partial charge in [-0.05, 0) is 36.4 Å². The SMILES string of the molecule is CC(=O)Nc1ccc(NCC(=O)Nc2cc(Cl)ccc2F)c(C(F)(F)F)c1. The molecule has 0 aliphatic carbocycles. The normalized spacial score (nSPS) is 11.0. The van der Waals surface area contributed by atoms with Crippen molar-refractivity contribution in [1.29, 1.82) is 0 Å². The van der Waals surface area contributed by atoms with Crippen molar-refractivity contribution in [3.63, 3.8) is 0 Å². The molecule has 0 bridgehead atoms. The summed E-state index contributed by atoms with van der Waals surface area (Å²) < 4.78 is 53.2. The fraction of sp³-hybridized carbons (Fsp3) is 0.176. The lowest BCUT2D eigenvalue weighted by molar-refractivity contribution is -0.137. The van der Waals surface area contributed by atoms with Crippen molar-refractivity contribution in [3.8, 4) is 0 Å². The van der Waals surface area contributed by atoms with Crippen LogP contribution in [0.15, 0.2) is 36.4 Å². The average molecular weight is 404 g/mol. The van der Waals surface area contributed by atoms with Gasteiger partial charge < -0.3 is 16.0 Å². The van der Waals surface area contributed by atoms with E-state index in [0.717, 1.165) is 18.2 Å². The van der Waals surface area contributed by atoms with Crippen LogP contribution in [0.4, 0.5) is 34.6 Å². The maximum atomic E-state index is 13.6. The van der Waals surface area contributed by atoms with Gasteiger partial charge in [0.25, 0.3) is 0 Å². The summed E-state index contributed by atoms with van der Waals surface area (Å²) in [6, 6.07) is 6.61. The van der Waals surface area contributed by atoms with Crippen LogP contribution in [0.5, 0.6) is 0 Å². The van der Waals surface area contributed by atoms with Gasteiger partial charge in [0.05, 0.1) is 17.8 Å². The van der Waals surface area contributed by atoms with E-state index >= 15 is 0 Å². The minimum Gasteiger partial charge on any atom is -0.376 e. The molecule has 0 saturated heterocycles. The predicted molar refractivity (Wildman–Crippen MR) is 94.3 cm³/mol. The number of hydrogen-bond donors (Lipinski definition) is 3. The van der Waals surface area contributed by atoms with E-state index in [0.29, 0.717) is 0 Å². The van der Waals surface area contributed by atoms with Gasteiger partial charge >= 0.3 is 6.18 Å². The van der Waals surface area contributed by atoms with Gasteiger partial charge in [-0.1, -0.05) is 11.6 Å². The molecular weight excluding hydrogens is 390 g/mol. The molecule has 0 fully saturated rings. The number of carbonyl (C=O) groups excluding carboxylic acids is 2. The van der Waals surface area contributed by atoms with E-state index in [1.54, 1.807) is 0 Å². The van der Waals surface area contributed by atoms with E-state index < -0.39 is 35.9 Å². The van der Waals surface area contributed by atoms with Crippen LogP contribution in [0.1, 0.15) is 12.5 Å². The van der Waals surface area contributed by atoms with Gasteiger partial charge in [-0.3, -0.25) is 9.59 Å². The first-order valence-corrected chi connectivity index (χ1v) is 7.91. The Morgan fingerprint density at radius 1 is 1.04 bits per heavy atom. The first-order valence-electron chi connectivity index (χ1n) is 7.54. The molecule has 0 heterocycles. The number of hydrogen-bond acceptors (Lipinski definition) is 3.